The Kier molecular flexibility index (Phi) is 5.29. The molecule has 1 amide bonds. The van der Waals surface area contributed by atoms with E-state index in [0.717, 1.165) is 11.1 Å². The normalized spacial score (nSPS) is 23.0. The maximum Gasteiger partial charge on any atom is 0.257 e. The van der Waals surface area contributed by atoms with Gasteiger partial charge in [-0.1, -0.05) is 59.2 Å². The van der Waals surface area contributed by atoms with Crippen molar-refractivity contribution in [2.24, 2.45) is 10.8 Å². The number of hydrogen-bond donors (Lipinski definition) is 0. The van der Waals surface area contributed by atoms with Crippen LogP contribution in [0.25, 0.3) is 0 Å². The minimum atomic E-state index is -0.436. The van der Waals surface area contributed by atoms with Crippen molar-refractivity contribution < 1.29 is 13.9 Å². The van der Waals surface area contributed by atoms with Crippen molar-refractivity contribution in [2.75, 3.05) is 0 Å². The number of nitriles is 1. The van der Waals surface area contributed by atoms with Crippen LogP contribution >= 0.6 is 11.6 Å². The molecule has 1 aliphatic heterocycles. The summed E-state index contributed by atoms with van der Waals surface area (Å²) in [6.45, 7) is 12.7. The van der Waals surface area contributed by atoms with E-state index in [9.17, 15) is 9.18 Å². The summed E-state index contributed by atoms with van der Waals surface area (Å²) in [6, 6.07) is 10.4. The Morgan fingerprint density at radius 1 is 1.19 bits per heavy atom. The van der Waals surface area contributed by atoms with Crippen molar-refractivity contribution in [3.05, 3.63) is 63.4 Å². The van der Waals surface area contributed by atoms with Crippen LogP contribution in [0.1, 0.15) is 74.5 Å². The number of amides is 1. The quantitative estimate of drug-likeness (QED) is 0.543. The molecule has 4 rings (SSSR count). The van der Waals surface area contributed by atoms with E-state index in [1.807, 2.05) is 30.9 Å². The molecule has 1 heterocycles. The summed E-state index contributed by atoms with van der Waals surface area (Å²) in [4.78, 5) is 15.1. The Bertz CT molecular complexity index is 1130. The van der Waals surface area contributed by atoms with Crippen molar-refractivity contribution in [2.45, 2.75) is 66.2 Å². The van der Waals surface area contributed by atoms with Gasteiger partial charge in [-0.2, -0.15) is 5.26 Å². The minimum Gasteiger partial charge on any atom is -0.489 e. The molecule has 1 saturated carbocycles. The molecule has 0 bridgehead atoms. The zero-order valence-electron chi connectivity index (χ0n) is 19.3. The van der Waals surface area contributed by atoms with E-state index >= 15 is 0 Å². The molecule has 1 fully saturated rings. The maximum atomic E-state index is 14.9. The molecule has 0 N–H and O–H groups in total. The van der Waals surface area contributed by atoms with Gasteiger partial charge in [0, 0.05) is 29.5 Å². The van der Waals surface area contributed by atoms with Crippen LogP contribution in [0, 0.1) is 28.0 Å². The zero-order valence-corrected chi connectivity index (χ0v) is 20.0. The lowest BCUT2D eigenvalue weighted by Crippen LogP contribution is -2.74. The summed E-state index contributed by atoms with van der Waals surface area (Å²) < 4.78 is 21.2. The summed E-state index contributed by atoms with van der Waals surface area (Å²) in [7, 11) is 0. The number of carbonyl (C=O) groups is 1. The van der Waals surface area contributed by atoms with E-state index in [2.05, 4.69) is 27.7 Å². The van der Waals surface area contributed by atoms with Crippen molar-refractivity contribution in [1.29, 1.82) is 5.26 Å². The van der Waals surface area contributed by atoms with Crippen LogP contribution < -0.4 is 4.74 Å². The van der Waals surface area contributed by atoms with Crippen molar-refractivity contribution in [3.8, 4) is 11.8 Å². The Balaban J connectivity index is 1.62. The molecule has 0 saturated heterocycles. The van der Waals surface area contributed by atoms with E-state index in [0.29, 0.717) is 22.9 Å². The molecule has 2 aromatic carbocycles. The van der Waals surface area contributed by atoms with Gasteiger partial charge in [-0.05, 0) is 35.2 Å². The number of carbonyl (C=O) groups excluding carboxylic acids is 1. The summed E-state index contributed by atoms with van der Waals surface area (Å²) in [5.74, 6) is 0.0855. The fraction of sp³-hybridized carbons (Fsp3) is 0.462. The molecular formula is C26H28ClFN2O2. The van der Waals surface area contributed by atoms with E-state index < -0.39 is 5.82 Å². The highest BCUT2D eigenvalue weighted by molar-refractivity contribution is 6.31. The van der Waals surface area contributed by atoms with E-state index in [-0.39, 0.29) is 40.4 Å². The molecule has 0 atom stereocenters. The third kappa shape index (κ3) is 3.28. The number of hydrogen-bond acceptors (Lipinski definition) is 3. The summed E-state index contributed by atoms with van der Waals surface area (Å²) >= 11 is 6.18. The molecule has 4 nitrogen and oxygen atoms in total. The molecule has 2 aliphatic rings. The first-order valence-corrected chi connectivity index (χ1v) is 11.3. The van der Waals surface area contributed by atoms with E-state index in [4.69, 9.17) is 21.6 Å². The van der Waals surface area contributed by atoms with Crippen LogP contribution in [-0.2, 0) is 6.54 Å². The number of rotatable bonds is 4. The number of benzene rings is 2. The van der Waals surface area contributed by atoms with Crippen LogP contribution in [-0.4, -0.2) is 23.0 Å². The molecule has 6 heteroatoms. The van der Waals surface area contributed by atoms with Gasteiger partial charge in [0.05, 0.1) is 16.1 Å². The predicted molar refractivity (Wildman–Crippen MR) is 122 cm³/mol. The first-order chi connectivity index (χ1) is 14.9. The van der Waals surface area contributed by atoms with Crippen LogP contribution in [0.3, 0.4) is 0 Å². The third-order valence-electron chi connectivity index (χ3n) is 7.06. The minimum absolute atomic E-state index is 0.129. The van der Waals surface area contributed by atoms with E-state index in [1.165, 1.54) is 6.07 Å². The molecule has 2 aromatic rings. The number of halogens is 2. The van der Waals surface area contributed by atoms with Crippen LogP contribution in [0.2, 0.25) is 5.02 Å². The zero-order chi connectivity index (χ0) is 23.6. The highest BCUT2D eigenvalue weighted by Crippen LogP contribution is 2.59. The van der Waals surface area contributed by atoms with Gasteiger partial charge < -0.3 is 9.64 Å². The predicted octanol–water partition coefficient (Wildman–Crippen LogP) is 6.31. The average Bonchev–Trinajstić information content (AvgIpc) is 3.01. The molecule has 1 aliphatic carbocycles. The lowest BCUT2D eigenvalue weighted by Gasteiger charge is -2.65. The fourth-order valence-electron chi connectivity index (χ4n) is 6.00. The van der Waals surface area contributed by atoms with Crippen molar-refractivity contribution in [3.63, 3.8) is 0 Å². The monoisotopic (exact) mass is 454 g/mol. The molecule has 0 aromatic heterocycles. The fourth-order valence-corrected chi connectivity index (χ4v) is 6.22. The largest absolute Gasteiger partial charge is 0.489 e. The Hall–Kier alpha value is -2.58. The van der Waals surface area contributed by atoms with Gasteiger partial charge in [-0.3, -0.25) is 4.79 Å². The molecule has 168 valence electrons. The average molecular weight is 455 g/mol. The standard InChI is InChI=1S/C26H28ClFN2O2/c1-14(2)16-9-17-13-30(22(31)21(17)20(28)10-16)23-25(3,4)24(26(23,5)6)32-18-8-7-15(12-29)19(27)11-18/h7-11,14,23-24H,13H2,1-6H3/t23-,24-. The summed E-state index contributed by atoms with van der Waals surface area (Å²) in [5, 5.41) is 9.44. The highest BCUT2D eigenvalue weighted by atomic mass is 35.5. The van der Waals surface area contributed by atoms with E-state index in [1.54, 1.807) is 18.2 Å². The van der Waals surface area contributed by atoms with Gasteiger partial charge in [0.2, 0.25) is 0 Å². The molecule has 0 unspecified atom stereocenters. The highest BCUT2D eigenvalue weighted by Gasteiger charge is 2.67. The smallest absolute Gasteiger partial charge is 0.257 e. The Labute approximate surface area is 193 Å². The maximum absolute atomic E-state index is 14.9. The number of fused-ring (bicyclic) bond motifs is 1. The topological polar surface area (TPSA) is 53.3 Å². The van der Waals surface area contributed by atoms with Gasteiger partial charge in [0.15, 0.2) is 0 Å². The summed E-state index contributed by atoms with van der Waals surface area (Å²) in [5.41, 5.74) is 1.50. The second-order valence-electron chi connectivity index (χ2n) is 10.4. The summed E-state index contributed by atoms with van der Waals surface area (Å²) in [6.07, 6.45) is -0.198. The van der Waals surface area contributed by atoms with Crippen molar-refractivity contribution in [1.82, 2.24) is 4.90 Å². The Morgan fingerprint density at radius 3 is 2.41 bits per heavy atom. The van der Waals surface area contributed by atoms with Gasteiger partial charge in [-0.15, -0.1) is 0 Å². The molecule has 0 spiro atoms. The second-order valence-corrected chi connectivity index (χ2v) is 10.8. The molecular weight excluding hydrogens is 427 g/mol. The van der Waals surface area contributed by atoms with Gasteiger partial charge in [-0.25, -0.2) is 4.39 Å². The molecule has 32 heavy (non-hydrogen) atoms. The number of nitrogens with zero attached hydrogens (tertiary/aromatic N) is 2. The lowest BCUT2D eigenvalue weighted by atomic mass is 9.49. The Morgan fingerprint density at radius 2 is 1.84 bits per heavy atom. The number of ether oxygens (including phenoxy) is 1. The van der Waals surface area contributed by atoms with Gasteiger partial charge >= 0.3 is 0 Å². The van der Waals surface area contributed by atoms with Crippen LogP contribution in [0.15, 0.2) is 30.3 Å². The SMILES string of the molecule is CC(C)c1cc(F)c2c(c1)CN([C@H]1C(C)(C)[C@H](Oc3ccc(C#N)c(Cl)c3)C1(C)C)C2=O. The first kappa shape index (κ1) is 22.6. The third-order valence-corrected chi connectivity index (χ3v) is 7.38. The second kappa shape index (κ2) is 7.49. The van der Waals surface area contributed by atoms with Crippen LogP contribution in [0.4, 0.5) is 4.39 Å². The van der Waals surface area contributed by atoms with Crippen molar-refractivity contribution >= 4 is 17.5 Å². The molecule has 0 radical (unpaired) electrons. The lowest BCUT2D eigenvalue weighted by molar-refractivity contribution is -0.199. The van der Waals surface area contributed by atoms with Gasteiger partial charge in [0.1, 0.15) is 23.7 Å². The first-order valence-electron chi connectivity index (χ1n) is 10.9. The van der Waals surface area contributed by atoms with Gasteiger partial charge in [0.25, 0.3) is 5.91 Å². The van der Waals surface area contributed by atoms with Crippen LogP contribution in [0.5, 0.6) is 5.75 Å².